The van der Waals surface area contributed by atoms with Gasteiger partial charge in [-0.3, -0.25) is 0 Å². The fraction of sp³-hybridized carbons (Fsp3) is 0.294. The third kappa shape index (κ3) is 3.37. The molecule has 110 valence electrons. The summed E-state index contributed by atoms with van der Waals surface area (Å²) < 4.78 is 0. The molecule has 0 saturated carbocycles. The van der Waals surface area contributed by atoms with Gasteiger partial charge in [-0.05, 0) is 54.3 Å². The number of benzene rings is 2. The third-order valence-corrected chi connectivity index (χ3v) is 4.88. The van der Waals surface area contributed by atoms with Gasteiger partial charge in [-0.15, -0.1) is 0 Å². The molecule has 0 radical (unpaired) electrons. The zero-order valence-corrected chi connectivity index (χ0v) is 13.7. The van der Waals surface area contributed by atoms with Gasteiger partial charge in [-0.2, -0.15) is 0 Å². The lowest BCUT2D eigenvalue weighted by molar-refractivity contribution is 0.404. The summed E-state index contributed by atoms with van der Waals surface area (Å²) in [5, 5.41) is 5.67. The Labute approximate surface area is 140 Å². The van der Waals surface area contributed by atoms with E-state index >= 15 is 0 Å². The fourth-order valence-electron chi connectivity index (χ4n) is 3.15. The Morgan fingerprint density at radius 1 is 0.905 bits per heavy atom. The van der Waals surface area contributed by atoms with E-state index in [-0.39, 0.29) is 0 Å². The molecular formula is C17H16Cl3N. The lowest BCUT2D eigenvalue weighted by Gasteiger charge is -2.33. The molecule has 0 aliphatic carbocycles. The molecule has 21 heavy (non-hydrogen) atoms. The van der Waals surface area contributed by atoms with Gasteiger partial charge in [0.2, 0.25) is 0 Å². The molecule has 2 aromatic carbocycles. The fourth-order valence-corrected chi connectivity index (χ4v) is 3.97. The minimum atomic E-state index is 0.335. The standard InChI is InChI=1S/C17H16Cl3N/c18-12-7-11(8-13(19)9-12)14-5-6-21-10-16(14)15-3-1-2-4-17(15)20/h1-4,7-9,14,16,21H,5-6,10H2. The maximum Gasteiger partial charge on any atom is 0.0441 e. The van der Waals surface area contributed by atoms with Crippen LogP contribution in [0.3, 0.4) is 0 Å². The number of hydrogen-bond acceptors (Lipinski definition) is 1. The number of hydrogen-bond donors (Lipinski definition) is 1. The first-order valence-corrected chi connectivity index (χ1v) is 8.19. The van der Waals surface area contributed by atoms with Gasteiger partial charge >= 0.3 is 0 Å². The summed E-state index contributed by atoms with van der Waals surface area (Å²) in [5.74, 6) is 0.712. The lowest BCUT2D eigenvalue weighted by Crippen LogP contribution is -2.34. The van der Waals surface area contributed by atoms with Crippen molar-refractivity contribution in [3.8, 4) is 0 Å². The molecule has 1 N–H and O–H groups in total. The van der Waals surface area contributed by atoms with Crippen LogP contribution in [0.2, 0.25) is 15.1 Å². The maximum absolute atomic E-state index is 6.39. The molecule has 0 spiro atoms. The van der Waals surface area contributed by atoms with Crippen LogP contribution in [-0.4, -0.2) is 13.1 Å². The number of halogens is 3. The summed E-state index contributed by atoms with van der Waals surface area (Å²) in [6.07, 6.45) is 1.05. The maximum atomic E-state index is 6.39. The monoisotopic (exact) mass is 339 g/mol. The summed E-state index contributed by atoms with van der Waals surface area (Å²) in [7, 11) is 0. The van der Waals surface area contributed by atoms with Crippen molar-refractivity contribution in [1.82, 2.24) is 5.32 Å². The predicted octanol–water partition coefficient (Wildman–Crippen LogP) is 5.51. The topological polar surface area (TPSA) is 12.0 Å². The van der Waals surface area contributed by atoms with Gasteiger partial charge in [-0.25, -0.2) is 0 Å². The van der Waals surface area contributed by atoms with Crippen molar-refractivity contribution in [2.24, 2.45) is 0 Å². The highest BCUT2D eigenvalue weighted by atomic mass is 35.5. The first-order chi connectivity index (χ1) is 10.1. The van der Waals surface area contributed by atoms with Gasteiger partial charge in [0.05, 0.1) is 0 Å². The minimum absolute atomic E-state index is 0.335. The molecule has 1 aliphatic heterocycles. The van der Waals surface area contributed by atoms with Gasteiger partial charge in [0.15, 0.2) is 0 Å². The first-order valence-electron chi connectivity index (χ1n) is 7.06. The summed E-state index contributed by atoms with van der Waals surface area (Å²) in [4.78, 5) is 0. The van der Waals surface area contributed by atoms with E-state index in [1.807, 2.05) is 30.3 Å². The van der Waals surface area contributed by atoms with E-state index in [2.05, 4.69) is 11.4 Å². The van der Waals surface area contributed by atoms with Gasteiger partial charge in [0.1, 0.15) is 0 Å². The zero-order chi connectivity index (χ0) is 14.8. The van der Waals surface area contributed by atoms with Crippen LogP contribution >= 0.6 is 34.8 Å². The van der Waals surface area contributed by atoms with Crippen LogP contribution in [0.4, 0.5) is 0 Å². The Hall–Kier alpha value is -0.730. The average Bonchev–Trinajstić information content (AvgIpc) is 2.47. The number of rotatable bonds is 2. The van der Waals surface area contributed by atoms with Gasteiger partial charge in [0, 0.05) is 27.5 Å². The van der Waals surface area contributed by atoms with Crippen LogP contribution in [-0.2, 0) is 0 Å². The molecule has 4 heteroatoms. The molecule has 1 aliphatic rings. The minimum Gasteiger partial charge on any atom is -0.316 e. The zero-order valence-electron chi connectivity index (χ0n) is 11.5. The normalized spacial score (nSPS) is 22.2. The van der Waals surface area contributed by atoms with Crippen LogP contribution in [0.25, 0.3) is 0 Å². The van der Waals surface area contributed by atoms with E-state index in [0.717, 1.165) is 24.5 Å². The van der Waals surface area contributed by atoms with E-state index < -0.39 is 0 Å². The third-order valence-electron chi connectivity index (χ3n) is 4.10. The highest BCUT2D eigenvalue weighted by Crippen LogP contribution is 2.41. The van der Waals surface area contributed by atoms with E-state index in [4.69, 9.17) is 34.8 Å². The highest BCUT2D eigenvalue weighted by molar-refractivity contribution is 6.34. The quantitative estimate of drug-likeness (QED) is 0.760. The molecule has 1 heterocycles. The van der Waals surface area contributed by atoms with Crippen LogP contribution < -0.4 is 5.32 Å². The smallest absolute Gasteiger partial charge is 0.0441 e. The van der Waals surface area contributed by atoms with Crippen LogP contribution in [0.1, 0.15) is 29.4 Å². The Morgan fingerprint density at radius 3 is 2.33 bits per heavy atom. The van der Waals surface area contributed by atoms with Crippen LogP contribution in [0.15, 0.2) is 42.5 Å². The Bertz CT molecular complexity index is 621. The largest absolute Gasteiger partial charge is 0.316 e. The second-order valence-corrected chi connectivity index (χ2v) is 6.71. The second kappa shape index (κ2) is 6.58. The van der Waals surface area contributed by atoms with Crippen molar-refractivity contribution in [3.05, 3.63) is 68.7 Å². The molecule has 3 rings (SSSR count). The molecule has 2 unspecified atom stereocenters. The molecule has 2 atom stereocenters. The summed E-state index contributed by atoms with van der Waals surface area (Å²) >= 11 is 18.7. The van der Waals surface area contributed by atoms with Crippen molar-refractivity contribution in [3.63, 3.8) is 0 Å². The summed E-state index contributed by atoms with van der Waals surface area (Å²) in [6, 6.07) is 13.9. The van der Waals surface area contributed by atoms with Crippen molar-refractivity contribution in [2.45, 2.75) is 18.3 Å². The van der Waals surface area contributed by atoms with E-state index in [1.54, 1.807) is 6.07 Å². The van der Waals surface area contributed by atoms with Gasteiger partial charge in [-0.1, -0.05) is 53.0 Å². The molecule has 0 amide bonds. The van der Waals surface area contributed by atoms with E-state index in [0.29, 0.717) is 21.9 Å². The Morgan fingerprint density at radius 2 is 1.62 bits per heavy atom. The van der Waals surface area contributed by atoms with Gasteiger partial charge in [0.25, 0.3) is 0 Å². The van der Waals surface area contributed by atoms with Crippen molar-refractivity contribution < 1.29 is 0 Å². The molecule has 0 bridgehead atoms. The number of piperidine rings is 1. The molecule has 1 nitrogen and oxygen atoms in total. The van der Waals surface area contributed by atoms with Crippen molar-refractivity contribution in [2.75, 3.05) is 13.1 Å². The molecule has 2 aromatic rings. The van der Waals surface area contributed by atoms with E-state index in [9.17, 15) is 0 Å². The summed E-state index contributed by atoms with van der Waals surface area (Å²) in [6.45, 7) is 1.91. The van der Waals surface area contributed by atoms with E-state index in [1.165, 1.54) is 11.1 Å². The molecule has 0 aromatic heterocycles. The van der Waals surface area contributed by atoms with Crippen LogP contribution in [0.5, 0.6) is 0 Å². The van der Waals surface area contributed by atoms with Crippen molar-refractivity contribution >= 4 is 34.8 Å². The highest BCUT2D eigenvalue weighted by Gasteiger charge is 2.29. The van der Waals surface area contributed by atoms with Crippen LogP contribution in [0, 0.1) is 0 Å². The SMILES string of the molecule is Clc1cc(Cl)cc(C2CCNCC2c2ccccc2Cl)c1. The Balaban J connectivity index is 2.00. The number of nitrogens with one attached hydrogen (secondary N) is 1. The van der Waals surface area contributed by atoms with Gasteiger partial charge < -0.3 is 5.32 Å². The molecular weight excluding hydrogens is 325 g/mol. The molecule has 1 saturated heterocycles. The molecule has 1 fully saturated rings. The van der Waals surface area contributed by atoms with Crippen molar-refractivity contribution in [1.29, 1.82) is 0 Å². The summed E-state index contributed by atoms with van der Waals surface area (Å²) in [5.41, 5.74) is 2.38. The predicted molar refractivity (Wildman–Crippen MR) is 90.9 cm³/mol. The lowest BCUT2D eigenvalue weighted by atomic mass is 9.77. The Kier molecular flexibility index (Phi) is 4.75. The average molecular weight is 341 g/mol. The first kappa shape index (κ1) is 15.2. The second-order valence-electron chi connectivity index (χ2n) is 5.43.